The summed E-state index contributed by atoms with van der Waals surface area (Å²) in [4.78, 5) is 51.3. The Hall–Kier alpha value is -5.26. The first-order chi connectivity index (χ1) is 26.7. The zero-order valence-electron chi connectivity index (χ0n) is 30.3. The Balaban J connectivity index is 0.883. The number of Topliss-reactive ketones (excluding diaryl/α,β-unsaturated/α-hetero) is 1. The van der Waals surface area contributed by atoms with Gasteiger partial charge in [0, 0.05) is 72.8 Å². The van der Waals surface area contributed by atoms with Crippen LogP contribution in [0.2, 0.25) is 0 Å². The fourth-order valence-corrected chi connectivity index (χ4v) is 9.59. The highest BCUT2D eigenvalue weighted by Gasteiger charge is 2.45. The highest BCUT2D eigenvalue weighted by Crippen LogP contribution is 2.44. The summed E-state index contributed by atoms with van der Waals surface area (Å²) in [5.41, 5.74) is 6.69. The summed E-state index contributed by atoms with van der Waals surface area (Å²) in [6.45, 7) is 3.83. The van der Waals surface area contributed by atoms with Gasteiger partial charge in [-0.05, 0) is 97.7 Å². The topological polar surface area (TPSA) is 91.8 Å². The number of thiophene rings is 1. The van der Waals surface area contributed by atoms with Crippen LogP contribution in [0.3, 0.4) is 0 Å². The number of nitrogens with zero attached hydrogens (tertiary/aromatic N) is 3. The van der Waals surface area contributed by atoms with Gasteiger partial charge >= 0.3 is 0 Å². The van der Waals surface area contributed by atoms with Crippen LogP contribution in [-0.2, 0) is 30.4 Å². The average molecular weight is 759 g/mol. The SMILES string of the molecule is O=C(Nc1c(F)cccc1F)c1cc2c(s1)CCN(C(=O)c1ccc(CCC(=O)c3cc4c(nc3N3CC5(CCOCC5)C3)CCC4)cc1)c1ccccc1-2. The van der Waals surface area contributed by atoms with Crippen molar-refractivity contribution in [1.29, 1.82) is 0 Å². The molecule has 5 aromatic rings. The predicted molar refractivity (Wildman–Crippen MR) is 210 cm³/mol. The third-order valence-corrected chi connectivity index (χ3v) is 12.8. The van der Waals surface area contributed by atoms with Crippen LogP contribution < -0.4 is 15.1 Å². The molecule has 9 rings (SSSR count). The van der Waals surface area contributed by atoms with Gasteiger partial charge in [0.05, 0.1) is 16.1 Å². The summed E-state index contributed by atoms with van der Waals surface area (Å²) in [5.74, 6) is -1.51. The lowest BCUT2D eigenvalue weighted by molar-refractivity contribution is -0.000526. The lowest BCUT2D eigenvalue weighted by Crippen LogP contribution is -2.59. The number of anilines is 3. The molecule has 1 aliphatic carbocycles. The van der Waals surface area contributed by atoms with Gasteiger partial charge in [0.25, 0.3) is 11.8 Å². The number of carbonyl (C=O) groups is 3. The van der Waals surface area contributed by atoms with Crippen LogP contribution >= 0.6 is 11.3 Å². The molecule has 0 saturated carbocycles. The monoisotopic (exact) mass is 758 g/mol. The zero-order valence-corrected chi connectivity index (χ0v) is 31.2. The van der Waals surface area contributed by atoms with E-state index in [0.29, 0.717) is 36.2 Å². The molecule has 2 amide bonds. The number of amides is 2. The second-order valence-electron chi connectivity index (χ2n) is 15.1. The molecule has 0 radical (unpaired) electrons. The highest BCUT2D eigenvalue weighted by molar-refractivity contribution is 7.14. The molecule has 1 N–H and O–H groups in total. The number of benzene rings is 3. The largest absolute Gasteiger partial charge is 0.381 e. The first kappa shape index (κ1) is 35.4. The molecule has 3 aliphatic heterocycles. The second-order valence-corrected chi connectivity index (χ2v) is 16.3. The van der Waals surface area contributed by atoms with Gasteiger partial charge in [-0.15, -0.1) is 11.3 Å². The highest BCUT2D eigenvalue weighted by atomic mass is 32.1. The summed E-state index contributed by atoms with van der Waals surface area (Å²) in [7, 11) is 0. The molecule has 55 heavy (non-hydrogen) atoms. The first-order valence-electron chi connectivity index (χ1n) is 19.0. The Morgan fingerprint density at radius 3 is 2.42 bits per heavy atom. The predicted octanol–water partition coefficient (Wildman–Crippen LogP) is 8.46. The van der Waals surface area contributed by atoms with E-state index in [-0.39, 0.29) is 17.1 Å². The van der Waals surface area contributed by atoms with Crippen molar-refractivity contribution in [1.82, 2.24) is 4.98 Å². The Morgan fingerprint density at radius 2 is 1.64 bits per heavy atom. The van der Waals surface area contributed by atoms with E-state index in [4.69, 9.17) is 9.72 Å². The summed E-state index contributed by atoms with van der Waals surface area (Å²) in [6.07, 6.45) is 6.52. The maximum Gasteiger partial charge on any atom is 0.265 e. The van der Waals surface area contributed by atoms with Crippen molar-refractivity contribution in [3.8, 4) is 11.1 Å². The van der Waals surface area contributed by atoms with Crippen molar-refractivity contribution >= 4 is 46.1 Å². The molecule has 0 unspecified atom stereocenters. The van der Waals surface area contributed by atoms with Gasteiger partial charge in [-0.25, -0.2) is 13.8 Å². The van der Waals surface area contributed by atoms with Crippen molar-refractivity contribution < 1.29 is 27.9 Å². The quantitative estimate of drug-likeness (QED) is 0.160. The van der Waals surface area contributed by atoms with E-state index in [1.807, 2.05) is 48.5 Å². The van der Waals surface area contributed by atoms with Gasteiger partial charge in [-0.2, -0.15) is 0 Å². The fourth-order valence-electron chi connectivity index (χ4n) is 8.53. The van der Waals surface area contributed by atoms with Gasteiger partial charge < -0.3 is 19.9 Å². The van der Waals surface area contributed by atoms with Crippen LogP contribution in [0.15, 0.2) is 78.9 Å². The van der Waals surface area contributed by atoms with E-state index < -0.39 is 23.2 Å². The molecule has 2 aromatic heterocycles. The molecule has 1 spiro atoms. The molecule has 280 valence electrons. The van der Waals surface area contributed by atoms with Crippen LogP contribution in [0, 0.1) is 17.0 Å². The van der Waals surface area contributed by atoms with Crippen LogP contribution in [0.1, 0.15) is 77.8 Å². The second kappa shape index (κ2) is 14.4. The third kappa shape index (κ3) is 6.73. The van der Waals surface area contributed by atoms with Gasteiger partial charge in [0.2, 0.25) is 0 Å². The van der Waals surface area contributed by atoms with Crippen LogP contribution in [0.5, 0.6) is 0 Å². The van der Waals surface area contributed by atoms with Crippen molar-refractivity contribution in [2.24, 2.45) is 5.41 Å². The Labute approximate surface area is 322 Å². The molecule has 11 heteroatoms. The minimum atomic E-state index is -0.847. The molecule has 4 aliphatic rings. The number of hydrogen-bond donors (Lipinski definition) is 1. The van der Waals surface area contributed by atoms with Crippen molar-refractivity contribution in [2.75, 3.05) is 48.0 Å². The van der Waals surface area contributed by atoms with E-state index >= 15 is 0 Å². The fraction of sp³-hybridized carbons (Fsp3) is 0.318. The minimum Gasteiger partial charge on any atom is -0.381 e. The molecular formula is C44H40F2N4O4S. The number of nitrogens with one attached hydrogen (secondary N) is 1. The number of para-hydroxylation sites is 2. The number of fused-ring (bicyclic) bond motifs is 4. The number of carbonyl (C=O) groups excluding carboxylic acids is 3. The van der Waals surface area contributed by atoms with E-state index in [1.54, 1.807) is 11.0 Å². The molecule has 0 atom stereocenters. The Bertz CT molecular complexity index is 2310. The van der Waals surface area contributed by atoms with Crippen molar-refractivity contribution in [3.63, 3.8) is 0 Å². The Morgan fingerprint density at radius 1 is 0.873 bits per heavy atom. The maximum absolute atomic E-state index is 14.2. The van der Waals surface area contributed by atoms with Crippen molar-refractivity contribution in [2.45, 2.75) is 51.4 Å². The number of rotatable bonds is 8. The summed E-state index contributed by atoms with van der Waals surface area (Å²) in [6, 6.07) is 22.3. The van der Waals surface area contributed by atoms with Crippen LogP contribution in [0.4, 0.5) is 26.0 Å². The van der Waals surface area contributed by atoms with Crippen LogP contribution in [0.25, 0.3) is 11.1 Å². The summed E-state index contributed by atoms with van der Waals surface area (Å²) >= 11 is 1.25. The minimum absolute atomic E-state index is 0.0963. The molecule has 0 bridgehead atoms. The molecular weight excluding hydrogens is 719 g/mol. The Kier molecular flexibility index (Phi) is 9.30. The average Bonchev–Trinajstić information content (AvgIpc) is 3.81. The number of aryl methyl sites for hydroxylation is 3. The van der Waals surface area contributed by atoms with E-state index in [2.05, 4.69) is 16.3 Å². The molecule has 2 saturated heterocycles. The standard InChI is InChI=1S/C44H40F2N4O4S/c45-33-7-4-8-34(46)40(33)48-42(52)39-24-31-30-6-1-2-10-36(30)50(20-17-38(31)55-39)43(53)28-14-11-27(12-15-28)13-16-37(51)32-23-29-5-3-9-35(29)47-41(32)49-25-44(26-49)18-21-54-22-19-44/h1-2,4,6-8,10-12,14-15,23-24H,3,5,9,13,16-22,25-26H2,(H,48,52). The van der Waals surface area contributed by atoms with E-state index in [1.165, 1.54) is 23.0 Å². The van der Waals surface area contributed by atoms with E-state index in [9.17, 15) is 23.2 Å². The zero-order chi connectivity index (χ0) is 37.7. The molecule has 3 aromatic carbocycles. The van der Waals surface area contributed by atoms with Crippen LogP contribution in [-0.4, -0.2) is 55.4 Å². The number of aromatic nitrogens is 1. The summed E-state index contributed by atoms with van der Waals surface area (Å²) < 4.78 is 34.1. The summed E-state index contributed by atoms with van der Waals surface area (Å²) in [5, 5.41) is 2.38. The third-order valence-electron chi connectivity index (χ3n) is 11.6. The lowest BCUT2D eigenvalue weighted by atomic mass is 9.73. The lowest BCUT2D eigenvalue weighted by Gasteiger charge is -2.53. The van der Waals surface area contributed by atoms with Gasteiger partial charge in [0.15, 0.2) is 5.78 Å². The number of ether oxygens (including phenoxy) is 1. The normalized spacial score (nSPS) is 16.8. The van der Waals surface area contributed by atoms with E-state index in [0.717, 1.165) is 115 Å². The first-order valence-corrected chi connectivity index (χ1v) is 19.8. The smallest absolute Gasteiger partial charge is 0.265 e. The number of halogens is 2. The number of hydrogen-bond acceptors (Lipinski definition) is 7. The van der Waals surface area contributed by atoms with Crippen molar-refractivity contribution in [3.05, 3.63) is 128 Å². The van der Waals surface area contributed by atoms with Gasteiger partial charge in [0.1, 0.15) is 23.1 Å². The number of pyridine rings is 1. The molecule has 2 fully saturated rings. The maximum atomic E-state index is 14.2. The number of ketones is 1. The van der Waals surface area contributed by atoms with Gasteiger partial charge in [-0.1, -0.05) is 36.4 Å². The van der Waals surface area contributed by atoms with Gasteiger partial charge in [-0.3, -0.25) is 14.4 Å². The molecule has 5 heterocycles. The molecule has 8 nitrogen and oxygen atoms in total.